The number of thioether (sulfide) groups is 1. The summed E-state index contributed by atoms with van der Waals surface area (Å²) in [4.78, 5) is 12.4. The fraction of sp³-hybridized carbons (Fsp3) is 0.500. The number of carbonyl (C=O) groups excluding carboxylic acids is 1. The second kappa shape index (κ2) is 6.64. The number of benzene rings is 1. The number of rotatable bonds is 4. The second-order valence-electron chi connectivity index (χ2n) is 5.24. The van der Waals surface area contributed by atoms with E-state index in [0.29, 0.717) is 5.02 Å². The number of esters is 1. The molecule has 1 rings (SSSR count). The SMILES string of the molecule is CC(O)c1ccc(SCC(=O)OC(C)(C)C)c(Cl)c1. The van der Waals surface area contributed by atoms with Gasteiger partial charge in [0.2, 0.25) is 0 Å². The van der Waals surface area contributed by atoms with Crippen molar-refractivity contribution < 1.29 is 14.6 Å². The topological polar surface area (TPSA) is 46.5 Å². The Balaban J connectivity index is 2.61. The standard InChI is InChI=1S/C14H19ClO3S/c1-9(16)10-5-6-12(11(15)7-10)19-8-13(17)18-14(2,3)4/h5-7,9,16H,8H2,1-4H3. The summed E-state index contributed by atoms with van der Waals surface area (Å²) in [7, 11) is 0. The highest BCUT2D eigenvalue weighted by Gasteiger charge is 2.16. The van der Waals surface area contributed by atoms with Crippen molar-refractivity contribution in [1.82, 2.24) is 0 Å². The maximum atomic E-state index is 11.6. The molecule has 0 bridgehead atoms. The van der Waals surface area contributed by atoms with Crippen LogP contribution >= 0.6 is 23.4 Å². The minimum atomic E-state index is -0.553. The molecule has 3 nitrogen and oxygen atoms in total. The van der Waals surface area contributed by atoms with Crippen LogP contribution in [-0.4, -0.2) is 22.4 Å². The van der Waals surface area contributed by atoms with Crippen molar-refractivity contribution in [2.45, 2.75) is 44.3 Å². The van der Waals surface area contributed by atoms with Gasteiger partial charge in [-0.1, -0.05) is 17.7 Å². The van der Waals surface area contributed by atoms with Crippen LogP contribution in [0.5, 0.6) is 0 Å². The average Bonchev–Trinajstić information content (AvgIpc) is 2.24. The third-order valence-electron chi connectivity index (χ3n) is 2.20. The van der Waals surface area contributed by atoms with Crippen LogP contribution in [0.25, 0.3) is 0 Å². The van der Waals surface area contributed by atoms with Gasteiger partial charge in [0.15, 0.2) is 0 Å². The second-order valence-corrected chi connectivity index (χ2v) is 6.67. The zero-order valence-corrected chi connectivity index (χ0v) is 13.1. The van der Waals surface area contributed by atoms with Crippen molar-refractivity contribution in [2.24, 2.45) is 0 Å². The zero-order valence-electron chi connectivity index (χ0n) is 11.6. The first-order valence-corrected chi connectivity index (χ1v) is 7.37. The van der Waals surface area contributed by atoms with E-state index in [1.165, 1.54) is 11.8 Å². The van der Waals surface area contributed by atoms with Crippen LogP contribution in [0.3, 0.4) is 0 Å². The van der Waals surface area contributed by atoms with E-state index in [9.17, 15) is 9.90 Å². The van der Waals surface area contributed by atoms with Gasteiger partial charge in [0, 0.05) is 4.90 Å². The van der Waals surface area contributed by atoms with E-state index in [0.717, 1.165) is 10.5 Å². The predicted octanol–water partition coefficient (Wildman–Crippen LogP) is 3.83. The van der Waals surface area contributed by atoms with Crippen LogP contribution in [0.15, 0.2) is 23.1 Å². The number of halogens is 1. The van der Waals surface area contributed by atoms with Crippen LogP contribution in [0, 0.1) is 0 Å². The molecule has 1 atom stereocenters. The molecular formula is C14H19ClO3S. The van der Waals surface area contributed by atoms with Gasteiger partial charge in [0.1, 0.15) is 5.60 Å². The van der Waals surface area contributed by atoms with E-state index < -0.39 is 11.7 Å². The molecule has 0 fully saturated rings. The number of aliphatic hydroxyl groups is 1. The molecule has 0 saturated heterocycles. The lowest BCUT2D eigenvalue weighted by molar-refractivity contribution is -0.151. The van der Waals surface area contributed by atoms with E-state index in [1.54, 1.807) is 25.1 Å². The first-order valence-electron chi connectivity index (χ1n) is 6.01. The van der Waals surface area contributed by atoms with E-state index in [-0.39, 0.29) is 11.7 Å². The van der Waals surface area contributed by atoms with Crippen molar-refractivity contribution in [2.75, 3.05) is 5.75 Å². The summed E-state index contributed by atoms with van der Waals surface area (Å²) in [5.41, 5.74) is 0.282. The fourth-order valence-electron chi connectivity index (χ4n) is 1.40. The Morgan fingerprint density at radius 2 is 2.11 bits per heavy atom. The molecule has 0 aliphatic heterocycles. The van der Waals surface area contributed by atoms with Crippen LogP contribution in [0.1, 0.15) is 39.4 Å². The Morgan fingerprint density at radius 1 is 1.47 bits per heavy atom. The largest absolute Gasteiger partial charge is 0.459 e. The summed E-state index contributed by atoms with van der Waals surface area (Å²) in [6.07, 6.45) is -0.553. The molecule has 1 aromatic rings. The molecule has 0 saturated carbocycles. The van der Waals surface area contributed by atoms with Gasteiger partial charge in [0.25, 0.3) is 0 Å². The molecule has 1 N–H and O–H groups in total. The first kappa shape index (κ1) is 16.3. The number of hydrogen-bond acceptors (Lipinski definition) is 4. The highest BCUT2D eigenvalue weighted by atomic mass is 35.5. The molecule has 0 radical (unpaired) electrons. The van der Waals surface area contributed by atoms with Crippen molar-refractivity contribution in [3.8, 4) is 0 Å². The zero-order chi connectivity index (χ0) is 14.6. The summed E-state index contributed by atoms with van der Waals surface area (Å²) in [6, 6.07) is 5.32. The van der Waals surface area contributed by atoms with Crippen LogP contribution in [-0.2, 0) is 9.53 Å². The number of hydrogen-bond donors (Lipinski definition) is 1. The molecular weight excluding hydrogens is 284 g/mol. The fourth-order valence-corrected chi connectivity index (χ4v) is 2.45. The minimum absolute atomic E-state index is 0.213. The number of ether oxygens (including phenoxy) is 1. The van der Waals surface area contributed by atoms with Gasteiger partial charge in [-0.25, -0.2) is 0 Å². The van der Waals surface area contributed by atoms with Crippen molar-refractivity contribution in [1.29, 1.82) is 0 Å². The summed E-state index contributed by atoms with van der Waals surface area (Å²) >= 11 is 7.43. The predicted molar refractivity (Wildman–Crippen MR) is 78.7 cm³/mol. The molecule has 0 aliphatic carbocycles. The molecule has 0 spiro atoms. The normalized spacial score (nSPS) is 13.2. The highest BCUT2D eigenvalue weighted by Crippen LogP contribution is 2.30. The van der Waals surface area contributed by atoms with Crippen molar-refractivity contribution in [3.05, 3.63) is 28.8 Å². The summed E-state index contributed by atoms with van der Waals surface area (Å²) in [5, 5.41) is 9.98. The molecule has 0 heterocycles. The highest BCUT2D eigenvalue weighted by molar-refractivity contribution is 8.00. The molecule has 1 aromatic carbocycles. The number of carbonyl (C=O) groups is 1. The van der Waals surface area contributed by atoms with Crippen molar-refractivity contribution in [3.63, 3.8) is 0 Å². The third-order valence-corrected chi connectivity index (χ3v) is 3.68. The monoisotopic (exact) mass is 302 g/mol. The van der Waals surface area contributed by atoms with E-state index in [2.05, 4.69) is 0 Å². The summed E-state index contributed by atoms with van der Waals surface area (Å²) in [6.45, 7) is 7.18. The van der Waals surface area contributed by atoms with Gasteiger partial charge in [-0.3, -0.25) is 4.79 Å². The first-order chi connectivity index (χ1) is 8.69. The Labute approximate surface area is 123 Å². The third kappa shape index (κ3) is 5.85. The van der Waals surface area contributed by atoms with Gasteiger partial charge in [-0.05, 0) is 45.4 Å². The Kier molecular flexibility index (Phi) is 5.71. The van der Waals surface area contributed by atoms with Gasteiger partial charge in [0.05, 0.1) is 16.9 Å². The molecule has 19 heavy (non-hydrogen) atoms. The maximum absolute atomic E-state index is 11.6. The lowest BCUT2D eigenvalue weighted by Gasteiger charge is -2.19. The van der Waals surface area contributed by atoms with E-state index in [1.807, 2.05) is 20.8 Å². The maximum Gasteiger partial charge on any atom is 0.316 e. The summed E-state index contributed by atoms with van der Waals surface area (Å²) < 4.78 is 5.22. The lowest BCUT2D eigenvalue weighted by atomic mass is 10.1. The Morgan fingerprint density at radius 3 is 2.58 bits per heavy atom. The quantitative estimate of drug-likeness (QED) is 0.678. The van der Waals surface area contributed by atoms with E-state index in [4.69, 9.17) is 16.3 Å². The molecule has 0 aromatic heterocycles. The van der Waals surface area contributed by atoms with Gasteiger partial charge >= 0.3 is 5.97 Å². The smallest absolute Gasteiger partial charge is 0.316 e. The van der Waals surface area contributed by atoms with Crippen LogP contribution < -0.4 is 0 Å². The Hall–Kier alpha value is -0.710. The van der Waals surface area contributed by atoms with Crippen LogP contribution in [0.4, 0.5) is 0 Å². The molecule has 0 aliphatic rings. The van der Waals surface area contributed by atoms with Gasteiger partial charge in [-0.2, -0.15) is 0 Å². The summed E-state index contributed by atoms with van der Waals surface area (Å²) in [5.74, 6) is -0.0569. The van der Waals surface area contributed by atoms with Crippen LogP contribution in [0.2, 0.25) is 5.02 Å². The van der Waals surface area contributed by atoms with Gasteiger partial charge < -0.3 is 9.84 Å². The lowest BCUT2D eigenvalue weighted by Crippen LogP contribution is -2.24. The minimum Gasteiger partial charge on any atom is -0.459 e. The van der Waals surface area contributed by atoms with Crippen molar-refractivity contribution >= 4 is 29.3 Å². The molecule has 5 heteroatoms. The molecule has 1 unspecified atom stereocenters. The molecule has 106 valence electrons. The Bertz CT molecular complexity index is 452. The average molecular weight is 303 g/mol. The van der Waals surface area contributed by atoms with E-state index >= 15 is 0 Å². The van der Waals surface area contributed by atoms with Gasteiger partial charge in [-0.15, -0.1) is 11.8 Å². The number of aliphatic hydroxyl groups excluding tert-OH is 1. The molecule has 0 amide bonds.